The van der Waals surface area contributed by atoms with Gasteiger partial charge in [-0.05, 0) is 36.5 Å². The zero-order chi connectivity index (χ0) is 13.7. The predicted molar refractivity (Wildman–Crippen MR) is 73.7 cm³/mol. The predicted octanol–water partition coefficient (Wildman–Crippen LogP) is 2.56. The maximum Gasteiger partial charge on any atom is 0.251 e. The van der Waals surface area contributed by atoms with Gasteiger partial charge in [-0.25, -0.2) is 0 Å². The Labute approximate surface area is 109 Å². The van der Waals surface area contributed by atoms with Gasteiger partial charge in [0.15, 0.2) is 0 Å². The van der Waals surface area contributed by atoms with Crippen LogP contribution in [0.25, 0.3) is 0 Å². The van der Waals surface area contributed by atoms with Crippen molar-refractivity contribution in [2.45, 2.75) is 39.7 Å². The van der Waals surface area contributed by atoms with Gasteiger partial charge in [-0.1, -0.05) is 32.9 Å². The van der Waals surface area contributed by atoms with E-state index in [1.807, 2.05) is 38.1 Å². The van der Waals surface area contributed by atoms with E-state index in [2.05, 4.69) is 19.2 Å². The van der Waals surface area contributed by atoms with Crippen LogP contribution < -0.4 is 5.32 Å². The van der Waals surface area contributed by atoms with Gasteiger partial charge in [0.05, 0.1) is 0 Å². The van der Waals surface area contributed by atoms with Crippen molar-refractivity contribution in [3.05, 3.63) is 35.4 Å². The van der Waals surface area contributed by atoms with Crippen molar-refractivity contribution in [3.63, 3.8) is 0 Å². The lowest BCUT2D eigenvalue weighted by Crippen LogP contribution is -2.38. The van der Waals surface area contributed by atoms with Crippen molar-refractivity contribution >= 4 is 5.91 Å². The van der Waals surface area contributed by atoms with Crippen molar-refractivity contribution < 1.29 is 9.90 Å². The van der Waals surface area contributed by atoms with Gasteiger partial charge in [0.2, 0.25) is 0 Å². The van der Waals surface area contributed by atoms with E-state index in [9.17, 15) is 4.79 Å². The molecule has 3 heteroatoms. The third-order valence-electron chi connectivity index (χ3n) is 3.34. The minimum Gasteiger partial charge on any atom is -0.396 e. The van der Waals surface area contributed by atoms with E-state index < -0.39 is 0 Å². The van der Waals surface area contributed by atoms with Crippen molar-refractivity contribution in [1.82, 2.24) is 5.32 Å². The molecule has 0 aromatic heterocycles. The van der Waals surface area contributed by atoms with Crippen LogP contribution in [0.1, 0.15) is 49.5 Å². The van der Waals surface area contributed by atoms with Crippen molar-refractivity contribution in [1.29, 1.82) is 0 Å². The van der Waals surface area contributed by atoms with Gasteiger partial charge < -0.3 is 10.4 Å². The molecule has 2 atom stereocenters. The fourth-order valence-corrected chi connectivity index (χ4v) is 1.61. The molecule has 0 aliphatic rings. The van der Waals surface area contributed by atoms with E-state index >= 15 is 0 Å². The molecule has 0 heterocycles. The Balaban J connectivity index is 2.67. The van der Waals surface area contributed by atoms with Crippen LogP contribution in [0.2, 0.25) is 0 Å². The van der Waals surface area contributed by atoms with E-state index in [-0.39, 0.29) is 24.5 Å². The molecule has 1 amide bonds. The van der Waals surface area contributed by atoms with E-state index in [4.69, 9.17) is 5.11 Å². The highest BCUT2D eigenvalue weighted by Gasteiger charge is 2.15. The molecule has 0 fully saturated rings. The summed E-state index contributed by atoms with van der Waals surface area (Å²) in [4.78, 5) is 12.0. The van der Waals surface area contributed by atoms with Crippen LogP contribution >= 0.6 is 0 Å². The average Bonchev–Trinajstić information content (AvgIpc) is 2.37. The number of carbonyl (C=O) groups is 1. The molecule has 1 aromatic carbocycles. The fourth-order valence-electron chi connectivity index (χ4n) is 1.61. The highest BCUT2D eigenvalue weighted by atomic mass is 16.3. The number of carbonyl (C=O) groups excluding carboxylic acids is 1. The Morgan fingerprint density at radius 1 is 1.17 bits per heavy atom. The lowest BCUT2D eigenvalue weighted by Gasteiger charge is -2.19. The molecule has 2 unspecified atom stereocenters. The molecule has 3 nitrogen and oxygen atoms in total. The first-order valence-corrected chi connectivity index (χ1v) is 6.47. The number of aliphatic hydroxyl groups is 1. The summed E-state index contributed by atoms with van der Waals surface area (Å²) in [7, 11) is 0. The number of benzene rings is 1. The first-order valence-electron chi connectivity index (χ1n) is 6.47. The first kappa shape index (κ1) is 14.7. The monoisotopic (exact) mass is 249 g/mol. The fraction of sp³-hybridized carbons (Fsp3) is 0.533. The number of nitrogens with one attached hydrogen (secondary N) is 1. The number of amides is 1. The molecule has 0 saturated heterocycles. The topological polar surface area (TPSA) is 49.3 Å². The number of hydrogen-bond acceptors (Lipinski definition) is 2. The summed E-state index contributed by atoms with van der Waals surface area (Å²) < 4.78 is 0. The molecule has 0 radical (unpaired) electrons. The van der Waals surface area contributed by atoms with E-state index in [0.29, 0.717) is 11.5 Å². The molecular weight excluding hydrogens is 226 g/mol. The van der Waals surface area contributed by atoms with Crippen LogP contribution in [0.5, 0.6) is 0 Å². The maximum absolute atomic E-state index is 12.0. The second kappa shape index (κ2) is 6.55. The van der Waals surface area contributed by atoms with Crippen LogP contribution in [-0.2, 0) is 0 Å². The van der Waals surface area contributed by atoms with E-state index in [1.54, 1.807) is 0 Å². The van der Waals surface area contributed by atoms with E-state index in [1.165, 1.54) is 5.56 Å². The molecule has 0 bridgehead atoms. The van der Waals surface area contributed by atoms with Crippen molar-refractivity contribution in [2.75, 3.05) is 6.61 Å². The standard InChI is InChI=1S/C15H23NO2/c1-10(2)13-5-7-14(8-6-13)15(18)16-12(4)11(3)9-17/h5-8,10-12,17H,9H2,1-4H3,(H,16,18). The van der Waals surface area contributed by atoms with Crippen molar-refractivity contribution in [2.24, 2.45) is 5.92 Å². The molecule has 1 rings (SSSR count). The lowest BCUT2D eigenvalue weighted by atomic mass is 10.0. The lowest BCUT2D eigenvalue weighted by molar-refractivity contribution is 0.0916. The van der Waals surface area contributed by atoms with Gasteiger partial charge in [-0.2, -0.15) is 0 Å². The van der Waals surface area contributed by atoms with Crippen molar-refractivity contribution in [3.8, 4) is 0 Å². The Morgan fingerprint density at radius 2 is 1.72 bits per heavy atom. The SMILES string of the molecule is CC(C)c1ccc(C(=O)NC(C)C(C)CO)cc1. The largest absolute Gasteiger partial charge is 0.396 e. The Bertz CT molecular complexity index is 384. The first-order chi connectivity index (χ1) is 8.45. The third-order valence-corrected chi connectivity index (χ3v) is 3.34. The maximum atomic E-state index is 12.0. The summed E-state index contributed by atoms with van der Waals surface area (Å²) in [5, 5.41) is 11.9. The highest BCUT2D eigenvalue weighted by molar-refractivity contribution is 5.94. The minimum atomic E-state index is -0.0851. The molecule has 2 N–H and O–H groups in total. The van der Waals surface area contributed by atoms with Crippen LogP contribution in [0.15, 0.2) is 24.3 Å². The smallest absolute Gasteiger partial charge is 0.251 e. The van der Waals surface area contributed by atoms with Gasteiger partial charge in [0.1, 0.15) is 0 Å². The molecule has 0 saturated carbocycles. The highest BCUT2D eigenvalue weighted by Crippen LogP contribution is 2.14. The second-order valence-corrected chi connectivity index (χ2v) is 5.20. The molecule has 1 aromatic rings. The molecule has 18 heavy (non-hydrogen) atoms. The van der Waals surface area contributed by atoms with E-state index in [0.717, 1.165) is 0 Å². The zero-order valence-electron chi connectivity index (χ0n) is 11.6. The van der Waals surface area contributed by atoms with Gasteiger partial charge in [-0.3, -0.25) is 4.79 Å². The summed E-state index contributed by atoms with van der Waals surface area (Å²) in [6, 6.07) is 7.63. The average molecular weight is 249 g/mol. The van der Waals surface area contributed by atoms with Gasteiger partial charge >= 0.3 is 0 Å². The van der Waals surface area contributed by atoms with Gasteiger partial charge in [0.25, 0.3) is 5.91 Å². The van der Waals surface area contributed by atoms with Crippen LogP contribution in [0.3, 0.4) is 0 Å². The minimum absolute atomic E-state index is 0.0349. The van der Waals surface area contributed by atoms with Crippen LogP contribution in [0.4, 0.5) is 0 Å². The Hall–Kier alpha value is -1.35. The molecule has 0 spiro atoms. The third kappa shape index (κ3) is 3.84. The van der Waals surface area contributed by atoms with Crippen LogP contribution in [-0.4, -0.2) is 23.7 Å². The Morgan fingerprint density at radius 3 is 2.17 bits per heavy atom. The molecule has 0 aliphatic heterocycles. The summed E-state index contributed by atoms with van der Waals surface area (Å²) in [5.41, 5.74) is 1.89. The van der Waals surface area contributed by atoms with Gasteiger partial charge in [-0.15, -0.1) is 0 Å². The molecule has 0 aliphatic carbocycles. The molecular formula is C15H23NO2. The van der Waals surface area contributed by atoms with Gasteiger partial charge in [0, 0.05) is 18.2 Å². The van der Waals surface area contributed by atoms with Crippen LogP contribution in [0, 0.1) is 5.92 Å². The summed E-state index contributed by atoms with van der Waals surface area (Å²) >= 11 is 0. The summed E-state index contributed by atoms with van der Waals surface area (Å²) in [6.07, 6.45) is 0. The number of rotatable bonds is 5. The number of aliphatic hydroxyl groups excluding tert-OH is 1. The second-order valence-electron chi connectivity index (χ2n) is 5.20. The molecule has 100 valence electrons. The Kier molecular flexibility index (Phi) is 5.35. The normalized spacial score (nSPS) is 14.3. The summed E-state index contributed by atoms with van der Waals surface area (Å²) in [6.45, 7) is 8.14. The zero-order valence-corrected chi connectivity index (χ0v) is 11.6. The number of hydrogen-bond donors (Lipinski definition) is 2. The quantitative estimate of drug-likeness (QED) is 0.842. The summed E-state index contributed by atoms with van der Waals surface area (Å²) in [5.74, 6) is 0.442.